The van der Waals surface area contributed by atoms with Crippen LogP contribution >= 0.6 is 17.0 Å². The number of nitrogens with zero attached hydrogens (tertiary/aromatic N) is 6. The van der Waals surface area contributed by atoms with Crippen LogP contribution in [0.5, 0.6) is 0 Å². The molecular weight excluding hydrogens is 604 g/mol. The zero-order valence-corrected chi connectivity index (χ0v) is 23.5. The van der Waals surface area contributed by atoms with Crippen molar-refractivity contribution in [3.63, 3.8) is 0 Å². The van der Waals surface area contributed by atoms with E-state index in [1.807, 2.05) is 42.5 Å². The second kappa shape index (κ2) is 12.3. The fraction of sp³-hybridized carbons (Fsp3) is 0.0345. The summed E-state index contributed by atoms with van der Waals surface area (Å²) in [6.07, 6.45) is 9.88. The minimum atomic E-state index is -0.521. The Morgan fingerprint density at radius 2 is 1.31 bits per heavy atom. The number of H-pyrrole nitrogens is 2. The fourth-order valence-electron chi connectivity index (χ4n) is 4.39. The Kier molecular flexibility index (Phi) is 8.20. The van der Waals surface area contributed by atoms with E-state index in [1.165, 1.54) is 17.0 Å². The van der Waals surface area contributed by atoms with Crippen molar-refractivity contribution in [2.45, 2.75) is 6.61 Å². The van der Waals surface area contributed by atoms with E-state index >= 15 is 0 Å². The third-order valence-electron chi connectivity index (χ3n) is 6.31. The van der Waals surface area contributed by atoms with Crippen LogP contribution in [0.2, 0.25) is 0 Å². The van der Waals surface area contributed by atoms with Gasteiger partial charge in [0.05, 0.1) is 12.4 Å². The molecule has 0 fully saturated rings. The Balaban J connectivity index is 0.000000173. The highest BCUT2D eigenvalue weighted by Crippen LogP contribution is 2.25. The molecule has 0 spiro atoms. The zero-order chi connectivity index (χ0) is 28.2. The van der Waals surface area contributed by atoms with Crippen LogP contribution in [0, 0.1) is 0 Å². The maximum atomic E-state index is 12.5. The van der Waals surface area contributed by atoms with Crippen molar-refractivity contribution in [2.24, 2.45) is 0 Å². The third-order valence-corrected chi connectivity index (χ3v) is 6.31. The normalized spacial score (nSPS) is 10.6. The number of rotatable bonds is 5. The van der Waals surface area contributed by atoms with Crippen LogP contribution in [0.1, 0.15) is 5.56 Å². The van der Waals surface area contributed by atoms with Crippen LogP contribution in [0.15, 0.2) is 114 Å². The van der Waals surface area contributed by atoms with Gasteiger partial charge in [-0.15, -0.1) is 26.4 Å². The largest absolute Gasteiger partial charge is 0.423 e. The molecule has 0 saturated carbocycles. The molecule has 13 heteroatoms. The van der Waals surface area contributed by atoms with Crippen molar-refractivity contribution >= 4 is 39.0 Å². The molecule has 6 heterocycles. The lowest BCUT2D eigenvalue weighted by atomic mass is 10.1. The van der Waals surface area contributed by atoms with E-state index in [1.54, 1.807) is 49.2 Å². The van der Waals surface area contributed by atoms with Gasteiger partial charge in [-0.25, -0.2) is 9.97 Å². The summed E-state index contributed by atoms with van der Waals surface area (Å²) in [6.45, 7) is 0.289. The number of hydrogen-bond acceptors (Lipinski definition) is 8. The van der Waals surface area contributed by atoms with E-state index < -0.39 is 5.56 Å². The molecule has 0 aliphatic carbocycles. The van der Waals surface area contributed by atoms with Gasteiger partial charge in [0.15, 0.2) is 11.3 Å². The maximum Gasteiger partial charge on any atom is 0.285 e. The first-order valence-electron chi connectivity index (χ1n) is 12.5. The SMILES string of the molecule is Br.O=c1cc(-c2cn[nH]c2)c2cccnc2n1O.O=c1cc(-c2cn[nH]c2)c2cccnc2n1OCc1ccccc1. The van der Waals surface area contributed by atoms with Crippen LogP contribution in [0.4, 0.5) is 0 Å². The van der Waals surface area contributed by atoms with Crippen LogP contribution in [0.25, 0.3) is 44.3 Å². The summed E-state index contributed by atoms with van der Waals surface area (Å²) in [6, 6.07) is 19.9. The molecule has 0 unspecified atom stereocenters. The fourth-order valence-corrected chi connectivity index (χ4v) is 4.39. The van der Waals surface area contributed by atoms with E-state index in [0.29, 0.717) is 21.3 Å². The molecule has 0 aliphatic heterocycles. The minimum Gasteiger partial charge on any atom is -0.423 e. The van der Waals surface area contributed by atoms with E-state index in [0.717, 1.165) is 27.6 Å². The van der Waals surface area contributed by atoms with Crippen LogP contribution in [0.3, 0.4) is 0 Å². The van der Waals surface area contributed by atoms with Crippen molar-refractivity contribution in [2.75, 3.05) is 0 Å². The monoisotopic (exact) mass is 626 g/mol. The lowest BCUT2D eigenvalue weighted by molar-refractivity contribution is 0.0980. The van der Waals surface area contributed by atoms with Crippen molar-refractivity contribution in [3.8, 4) is 22.3 Å². The van der Waals surface area contributed by atoms with Crippen molar-refractivity contribution in [1.82, 2.24) is 39.8 Å². The lowest BCUT2D eigenvalue weighted by Crippen LogP contribution is -2.27. The van der Waals surface area contributed by atoms with Gasteiger partial charge < -0.3 is 10.0 Å². The molecule has 0 aliphatic rings. The van der Waals surface area contributed by atoms with Crippen LogP contribution < -0.4 is 16.0 Å². The predicted octanol–water partition coefficient (Wildman–Crippen LogP) is 4.02. The standard InChI is InChI=1S/C18H14N4O2.C11H8N4O2.BrH/c23-17-9-16(14-10-20-21-11-14)15-7-4-8-19-18(15)22(17)24-12-13-5-2-1-3-6-13;16-10-4-9(7-5-13-14-6-7)8-2-1-3-12-11(8)15(10)17;/h1-11H,12H2,(H,20,21);1-6,17H,(H,13,14);1H. The van der Waals surface area contributed by atoms with Gasteiger partial charge in [0.25, 0.3) is 11.1 Å². The van der Waals surface area contributed by atoms with Gasteiger partial charge >= 0.3 is 0 Å². The van der Waals surface area contributed by atoms with Gasteiger partial charge in [-0.2, -0.15) is 10.2 Å². The lowest BCUT2D eigenvalue weighted by Gasteiger charge is -2.12. The van der Waals surface area contributed by atoms with Gasteiger partial charge in [0.2, 0.25) is 0 Å². The molecule has 0 atom stereocenters. The Labute approximate surface area is 247 Å². The number of benzene rings is 1. The van der Waals surface area contributed by atoms with E-state index in [-0.39, 0.29) is 34.8 Å². The predicted molar refractivity (Wildman–Crippen MR) is 161 cm³/mol. The van der Waals surface area contributed by atoms with E-state index in [4.69, 9.17) is 4.84 Å². The number of hydrogen-bond donors (Lipinski definition) is 3. The van der Waals surface area contributed by atoms with Crippen LogP contribution in [-0.4, -0.2) is 45.0 Å². The molecule has 42 heavy (non-hydrogen) atoms. The summed E-state index contributed by atoms with van der Waals surface area (Å²) >= 11 is 0. The molecule has 1 aromatic carbocycles. The second-order valence-electron chi connectivity index (χ2n) is 8.88. The molecule has 12 nitrogen and oxygen atoms in total. The second-order valence-corrected chi connectivity index (χ2v) is 8.88. The Morgan fingerprint density at radius 3 is 1.90 bits per heavy atom. The van der Waals surface area contributed by atoms with Gasteiger partial charge in [-0.1, -0.05) is 30.3 Å². The van der Waals surface area contributed by atoms with Crippen molar-refractivity contribution in [3.05, 3.63) is 130 Å². The molecule has 0 amide bonds. The summed E-state index contributed by atoms with van der Waals surface area (Å²) in [5, 5.41) is 24.4. The Hall–Kier alpha value is -5.56. The highest BCUT2D eigenvalue weighted by Gasteiger charge is 2.13. The van der Waals surface area contributed by atoms with E-state index in [9.17, 15) is 14.8 Å². The number of fused-ring (bicyclic) bond motifs is 2. The number of aromatic nitrogens is 8. The summed E-state index contributed by atoms with van der Waals surface area (Å²) in [5.41, 5.74) is 3.98. The van der Waals surface area contributed by atoms with Crippen molar-refractivity contribution in [1.29, 1.82) is 0 Å². The number of pyridine rings is 4. The molecule has 6 aromatic heterocycles. The highest BCUT2D eigenvalue weighted by molar-refractivity contribution is 8.93. The molecule has 210 valence electrons. The molecule has 7 rings (SSSR count). The molecule has 3 N–H and O–H groups in total. The zero-order valence-electron chi connectivity index (χ0n) is 21.8. The smallest absolute Gasteiger partial charge is 0.285 e. The summed E-state index contributed by atoms with van der Waals surface area (Å²) in [5.74, 6) is 0. The summed E-state index contributed by atoms with van der Waals surface area (Å²) in [7, 11) is 0. The van der Waals surface area contributed by atoms with Crippen LogP contribution in [-0.2, 0) is 6.61 Å². The average molecular weight is 627 g/mol. The highest BCUT2D eigenvalue weighted by atomic mass is 79.9. The number of aromatic amines is 2. The number of halogens is 1. The third kappa shape index (κ3) is 5.53. The molecule has 0 radical (unpaired) electrons. The first kappa shape index (κ1) is 28.0. The number of nitrogens with one attached hydrogen (secondary N) is 2. The van der Waals surface area contributed by atoms with Crippen molar-refractivity contribution < 1.29 is 10.0 Å². The van der Waals surface area contributed by atoms with Gasteiger partial charge in [-0.3, -0.25) is 19.8 Å². The quantitative estimate of drug-likeness (QED) is 0.242. The van der Waals surface area contributed by atoms with Gasteiger partial charge in [0, 0.05) is 69.9 Å². The Morgan fingerprint density at radius 1 is 0.738 bits per heavy atom. The first-order chi connectivity index (χ1) is 20.1. The average Bonchev–Trinajstić information content (AvgIpc) is 3.75. The molecular formula is C29H23BrN8O4. The summed E-state index contributed by atoms with van der Waals surface area (Å²) in [4.78, 5) is 38.2. The van der Waals surface area contributed by atoms with Gasteiger partial charge in [0.1, 0.15) is 6.61 Å². The van der Waals surface area contributed by atoms with Gasteiger partial charge in [-0.05, 0) is 29.8 Å². The van der Waals surface area contributed by atoms with E-state index in [2.05, 4.69) is 30.4 Å². The topological polar surface area (TPSA) is 157 Å². The minimum absolute atomic E-state index is 0. The molecule has 0 saturated heterocycles. The Bertz CT molecular complexity index is 2060. The maximum absolute atomic E-state index is 12.5. The molecule has 0 bridgehead atoms. The summed E-state index contributed by atoms with van der Waals surface area (Å²) < 4.78 is 1.78. The first-order valence-corrected chi connectivity index (χ1v) is 12.5. The molecule has 7 aromatic rings.